The molecule has 2 aliphatic rings. The number of ether oxygens (including phenoxy) is 1. The van der Waals surface area contributed by atoms with Crippen molar-refractivity contribution >= 4 is 17.6 Å². The van der Waals surface area contributed by atoms with E-state index in [-0.39, 0.29) is 48.8 Å². The number of rotatable bonds is 6. The minimum Gasteiger partial charge on any atom is -0.486 e. The molecule has 1 aromatic heterocycles. The van der Waals surface area contributed by atoms with Gasteiger partial charge in [0.25, 0.3) is 0 Å². The Morgan fingerprint density at radius 2 is 1.92 bits per heavy atom. The number of anilines is 1. The average Bonchev–Trinajstić information content (AvgIpc) is 2.90. The van der Waals surface area contributed by atoms with Gasteiger partial charge in [0.2, 0.25) is 11.8 Å². The summed E-state index contributed by atoms with van der Waals surface area (Å²) >= 11 is 0. The van der Waals surface area contributed by atoms with Crippen molar-refractivity contribution in [2.75, 3.05) is 25.0 Å². The van der Waals surface area contributed by atoms with Gasteiger partial charge < -0.3 is 25.2 Å². The number of amides is 2. The van der Waals surface area contributed by atoms with E-state index in [9.17, 15) is 24.3 Å². The van der Waals surface area contributed by atoms with Gasteiger partial charge in [-0.25, -0.2) is 9.37 Å². The SMILES string of the molecule is N#Cc1cc(-c2ccnc(NC(=O)C3CCC(O)CC3)c2)ccc1O[C@H]1CCN(C(=O)CO)C[C@H]1F. The number of hydrogen-bond donors (Lipinski definition) is 3. The minimum absolute atomic E-state index is 0.125. The number of nitrogens with one attached hydrogen (secondary N) is 1. The van der Waals surface area contributed by atoms with E-state index in [1.165, 1.54) is 4.90 Å². The number of aliphatic hydroxyl groups is 2. The molecule has 2 heterocycles. The fraction of sp³-hybridized carbons (Fsp3) is 0.462. The van der Waals surface area contributed by atoms with Gasteiger partial charge in [-0.2, -0.15) is 5.26 Å². The van der Waals surface area contributed by atoms with Crippen molar-refractivity contribution in [3.63, 3.8) is 0 Å². The predicted molar refractivity (Wildman–Crippen MR) is 129 cm³/mol. The maximum absolute atomic E-state index is 14.6. The zero-order valence-electron chi connectivity index (χ0n) is 19.8. The number of hydrogen-bond acceptors (Lipinski definition) is 7. The molecule has 36 heavy (non-hydrogen) atoms. The van der Waals surface area contributed by atoms with Gasteiger partial charge in [-0.05, 0) is 61.1 Å². The van der Waals surface area contributed by atoms with Crippen molar-refractivity contribution in [1.29, 1.82) is 5.26 Å². The lowest BCUT2D eigenvalue weighted by Crippen LogP contribution is -2.50. The second-order valence-corrected chi connectivity index (χ2v) is 9.21. The molecule has 4 rings (SSSR count). The van der Waals surface area contributed by atoms with E-state index in [1.807, 2.05) is 0 Å². The molecule has 1 saturated carbocycles. The zero-order valence-corrected chi connectivity index (χ0v) is 19.8. The topological polar surface area (TPSA) is 136 Å². The van der Waals surface area contributed by atoms with Crippen molar-refractivity contribution in [2.24, 2.45) is 5.92 Å². The van der Waals surface area contributed by atoms with Gasteiger partial charge in [0.1, 0.15) is 30.3 Å². The van der Waals surface area contributed by atoms with Crippen molar-refractivity contribution in [3.05, 3.63) is 42.1 Å². The monoisotopic (exact) mass is 496 g/mol. The molecule has 1 aliphatic carbocycles. The molecule has 10 heteroatoms. The smallest absolute Gasteiger partial charge is 0.248 e. The fourth-order valence-corrected chi connectivity index (χ4v) is 4.65. The number of aromatic nitrogens is 1. The minimum atomic E-state index is -1.45. The molecule has 0 radical (unpaired) electrons. The summed E-state index contributed by atoms with van der Waals surface area (Å²) in [7, 11) is 0. The average molecular weight is 497 g/mol. The fourth-order valence-electron chi connectivity index (χ4n) is 4.65. The molecule has 2 aromatic rings. The lowest BCUT2D eigenvalue weighted by Gasteiger charge is -2.34. The van der Waals surface area contributed by atoms with Crippen LogP contribution in [0, 0.1) is 17.2 Å². The Hall–Kier alpha value is -3.55. The van der Waals surface area contributed by atoms with Crippen LogP contribution in [0.4, 0.5) is 10.2 Å². The summed E-state index contributed by atoms with van der Waals surface area (Å²) in [4.78, 5) is 29.7. The first-order valence-corrected chi connectivity index (χ1v) is 12.1. The molecule has 9 nitrogen and oxygen atoms in total. The van der Waals surface area contributed by atoms with E-state index in [0.717, 1.165) is 5.56 Å². The highest BCUT2D eigenvalue weighted by molar-refractivity contribution is 5.92. The van der Waals surface area contributed by atoms with Gasteiger partial charge in [-0.15, -0.1) is 0 Å². The van der Waals surface area contributed by atoms with Crippen molar-refractivity contribution < 1.29 is 28.9 Å². The third-order valence-electron chi connectivity index (χ3n) is 6.76. The molecule has 190 valence electrons. The van der Waals surface area contributed by atoms with Crippen LogP contribution in [0.2, 0.25) is 0 Å². The van der Waals surface area contributed by atoms with Gasteiger partial charge >= 0.3 is 0 Å². The molecule has 2 fully saturated rings. The molecule has 1 aliphatic heterocycles. The number of benzene rings is 1. The summed E-state index contributed by atoms with van der Waals surface area (Å²) in [5.74, 6) is -0.164. The van der Waals surface area contributed by atoms with E-state index in [4.69, 9.17) is 9.84 Å². The van der Waals surface area contributed by atoms with E-state index >= 15 is 0 Å². The Morgan fingerprint density at radius 1 is 1.17 bits per heavy atom. The highest BCUT2D eigenvalue weighted by atomic mass is 19.1. The first kappa shape index (κ1) is 25.5. The quantitative estimate of drug-likeness (QED) is 0.559. The van der Waals surface area contributed by atoms with Crippen molar-refractivity contribution in [3.8, 4) is 22.9 Å². The number of piperidine rings is 1. The van der Waals surface area contributed by atoms with Crippen molar-refractivity contribution in [1.82, 2.24) is 9.88 Å². The van der Waals surface area contributed by atoms with Crippen LogP contribution in [-0.2, 0) is 9.59 Å². The standard InChI is InChI=1S/C26H29FN4O5/c27-21-14-31(25(34)15-32)10-8-23(21)36-22-6-3-17(11-19(22)13-28)18-7-9-29-24(12-18)30-26(35)16-1-4-20(33)5-2-16/h3,6-7,9,11-12,16,20-21,23,32-33H,1-2,4-5,8,10,14-15H2,(H,29,30,35)/t16?,20?,21-,23+/m1/s1. The highest BCUT2D eigenvalue weighted by Crippen LogP contribution is 2.30. The van der Waals surface area contributed by atoms with Gasteiger partial charge in [0, 0.05) is 25.1 Å². The second-order valence-electron chi connectivity index (χ2n) is 9.21. The van der Waals surface area contributed by atoms with E-state index in [2.05, 4.69) is 16.4 Å². The first-order chi connectivity index (χ1) is 17.4. The summed E-state index contributed by atoms with van der Waals surface area (Å²) in [6, 6.07) is 10.6. The maximum atomic E-state index is 14.6. The number of alkyl halides is 1. The molecule has 1 saturated heterocycles. The van der Waals surface area contributed by atoms with Gasteiger partial charge in [-0.3, -0.25) is 9.59 Å². The van der Waals surface area contributed by atoms with Gasteiger partial charge in [-0.1, -0.05) is 6.07 Å². The Labute approximate surface area is 208 Å². The Bertz CT molecular complexity index is 1150. The van der Waals surface area contributed by atoms with Gasteiger partial charge in [0.15, 0.2) is 6.17 Å². The number of carbonyl (C=O) groups excluding carboxylic acids is 2. The van der Waals surface area contributed by atoms with E-state index in [1.54, 1.807) is 36.5 Å². The third kappa shape index (κ3) is 5.98. The molecule has 1 aromatic carbocycles. The Balaban J connectivity index is 1.44. The number of nitrogens with zero attached hydrogens (tertiary/aromatic N) is 3. The van der Waals surface area contributed by atoms with Crippen LogP contribution in [0.5, 0.6) is 5.75 Å². The molecular weight excluding hydrogens is 467 g/mol. The van der Waals surface area contributed by atoms with Gasteiger partial charge in [0.05, 0.1) is 18.2 Å². The van der Waals surface area contributed by atoms with Crippen LogP contribution in [0.25, 0.3) is 11.1 Å². The van der Waals surface area contributed by atoms with Crippen LogP contribution in [0.15, 0.2) is 36.5 Å². The molecule has 0 unspecified atom stereocenters. The normalized spacial score (nSPS) is 24.0. The summed E-state index contributed by atoms with van der Waals surface area (Å²) in [5, 5.41) is 31.1. The molecule has 0 bridgehead atoms. The van der Waals surface area contributed by atoms with Crippen LogP contribution >= 0.6 is 0 Å². The van der Waals surface area contributed by atoms with E-state index < -0.39 is 24.8 Å². The summed E-state index contributed by atoms with van der Waals surface area (Å²) in [6.07, 6.45) is 1.71. The molecule has 2 amide bonds. The summed E-state index contributed by atoms with van der Waals surface area (Å²) in [6.45, 7) is -0.572. The van der Waals surface area contributed by atoms with Crippen molar-refractivity contribution in [2.45, 2.75) is 50.5 Å². The van der Waals surface area contributed by atoms with Crippen LogP contribution < -0.4 is 10.1 Å². The zero-order chi connectivity index (χ0) is 25.7. The Kier molecular flexibility index (Phi) is 8.13. The molecular formula is C26H29FN4O5. The molecule has 3 N–H and O–H groups in total. The predicted octanol–water partition coefficient (Wildman–Crippen LogP) is 2.42. The number of nitriles is 1. The number of aliphatic hydroxyl groups excluding tert-OH is 2. The maximum Gasteiger partial charge on any atom is 0.248 e. The summed E-state index contributed by atoms with van der Waals surface area (Å²) < 4.78 is 20.4. The third-order valence-corrected chi connectivity index (χ3v) is 6.76. The number of pyridine rings is 1. The second kappa shape index (κ2) is 11.5. The highest BCUT2D eigenvalue weighted by Gasteiger charge is 2.33. The largest absolute Gasteiger partial charge is 0.486 e. The molecule has 0 spiro atoms. The van der Waals surface area contributed by atoms with Crippen LogP contribution in [0.3, 0.4) is 0 Å². The number of halogens is 1. The number of carbonyl (C=O) groups is 2. The number of likely N-dealkylation sites (tertiary alicyclic amines) is 1. The van der Waals surface area contributed by atoms with Crippen LogP contribution in [0.1, 0.15) is 37.7 Å². The van der Waals surface area contributed by atoms with E-state index in [0.29, 0.717) is 37.1 Å². The summed E-state index contributed by atoms with van der Waals surface area (Å²) in [5.41, 5.74) is 1.68. The lowest BCUT2D eigenvalue weighted by atomic mass is 9.87. The Morgan fingerprint density at radius 3 is 2.61 bits per heavy atom. The van der Waals surface area contributed by atoms with Crippen LogP contribution in [-0.4, -0.2) is 70.0 Å². The lowest BCUT2D eigenvalue weighted by molar-refractivity contribution is -0.138. The molecule has 2 atom stereocenters. The first-order valence-electron chi connectivity index (χ1n) is 12.1.